The minimum Gasteiger partial charge on any atom is -0.456 e. The average molecular weight is 812 g/mol. The van der Waals surface area contributed by atoms with E-state index < -0.39 is 0 Å². The van der Waals surface area contributed by atoms with E-state index in [9.17, 15) is 0 Å². The average Bonchev–Trinajstić information content (AvgIpc) is 3.90. The van der Waals surface area contributed by atoms with Crippen molar-refractivity contribution in [3.8, 4) is 39.1 Å². The van der Waals surface area contributed by atoms with E-state index in [1.54, 1.807) is 0 Å². The summed E-state index contributed by atoms with van der Waals surface area (Å²) in [6.07, 6.45) is 0. The van der Waals surface area contributed by atoms with Gasteiger partial charge in [0.2, 0.25) is 0 Å². The van der Waals surface area contributed by atoms with Gasteiger partial charge in [0.05, 0.1) is 11.0 Å². The molecule has 0 aliphatic heterocycles. The number of benzene rings is 12. The standard InChI is InChI=1S/C62H37NO/c1-2-18-42(19-3-1)63-55-28-13-12-26-51(55)61-56(63)32-34-58-62(61)54-37-41(30-33-57(54)64-58)59-48-24-10-11-25-49(48)60(52-35-39-16-5-7-21-45(39)46-22-8-9-23-47(46)52)50-31-29-40(36-53(50)59)44-27-14-17-38-15-4-6-20-43(38)44/h1-37H. The van der Waals surface area contributed by atoms with E-state index in [-0.39, 0.29) is 0 Å². The molecule has 0 saturated carbocycles. The molecule has 296 valence electrons. The minimum atomic E-state index is 0.882. The van der Waals surface area contributed by atoms with E-state index in [4.69, 9.17) is 4.42 Å². The molecule has 0 amide bonds. The van der Waals surface area contributed by atoms with Gasteiger partial charge in [-0.25, -0.2) is 0 Å². The van der Waals surface area contributed by atoms with Crippen molar-refractivity contribution in [3.05, 3.63) is 224 Å². The Balaban J connectivity index is 1.12. The van der Waals surface area contributed by atoms with Crippen LogP contribution in [-0.4, -0.2) is 4.57 Å². The van der Waals surface area contributed by atoms with Gasteiger partial charge in [-0.1, -0.05) is 170 Å². The monoisotopic (exact) mass is 811 g/mol. The molecule has 12 aromatic carbocycles. The maximum atomic E-state index is 6.75. The van der Waals surface area contributed by atoms with Crippen LogP contribution in [0.5, 0.6) is 0 Å². The molecule has 0 radical (unpaired) electrons. The van der Waals surface area contributed by atoms with Gasteiger partial charge in [0, 0.05) is 27.2 Å². The molecule has 14 rings (SSSR count). The fourth-order valence-electron chi connectivity index (χ4n) is 11.0. The molecule has 2 nitrogen and oxygen atoms in total. The summed E-state index contributed by atoms with van der Waals surface area (Å²) in [4.78, 5) is 0. The van der Waals surface area contributed by atoms with Gasteiger partial charge < -0.3 is 8.98 Å². The highest BCUT2D eigenvalue weighted by Gasteiger charge is 2.23. The summed E-state index contributed by atoms with van der Waals surface area (Å²) in [6.45, 7) is 0. The van der Waals surface area contributed by atoms with Crippen LogP contribution in [0.2, 0.25) is 0 Å². The van der Waals surface area contributed by atoms with Crippen LogP contribution in [0.25, 0.3) is 137 Å². The quantitative estimate of drug-likeness (QED) is 0.128. The minimum absolute atomic E-state index is 0.882. The Hall–Kier alpha value is -8.46. The van der Waals surface area contributed by atoms with Gasteiger partial charge >= 0.3 is 0 Å². The third kappa shape index (κ3) is 5.02. The number of nitrogens with zero attached hydrogens (tertiary/aromatic N) is 1. The highest BCUT2D eigenvalue weighted by Crippen LogP contribution is 2.49. The zero-order valence-electron chi connectivity index (χ0n) is 34.7. The van der Waals surface area contributed by atoms with E-state index in [0.29, 0.717) is 0 Å². The van der Waals surface area contributed by atoms with Gasteiger partial charge in [-0.3, -0.25) is 0 Å². The lowest BCUT2D eigenvalue weighted by atomic mass is 9.82. The maximum Gasteiger partial charge on any atom is 0.136 e. The Morgan fingerprint density at radius 3 is 1.73 bits per heavy atom. The fourth-order valence-corrected chi connectivity index (χ4v) is 11.0. The number of aromatic nitrogens is 1. The van der Waals surface area contributed by atoms with E-state index in [2.05, 4.69) is 229 Å². The highest BCUT2D eigenvalue weighted by atomic mass is 16.3. The normalized spacial score (nSPS) is 12.1. The van der Waals surface area contributed by atoms with E-state index in [0.717, 1.165) is 38.7 Å². The van der Waals surface area contributed by atoms with Crippen molar-refractivity contribution in [3.63, 3.8) is 0 Å². The van der Waals surface area contributed by atoms with Crippen LogP contribution in [0.4, 0.5) is 0 Å². The van der Waals surface area contributed by atoms with Crippen LogP contribution in [-0.2, 0) is 0 Å². The first kappa shape index (κ1) is 35.2. The van der Waals surface area contributed by atoms with Crippen LogP contribution in [0.3, 0.4) is 0 Å². The third-order valence-electron chi connectivity index (χ3n) is 13.7. The molecule has 2 heteroatoms. The molecule has 14 aromatic rings. The molecule has 0 saturated heterocycles. The predicted octanol–water partition coefficient (Wildman–Crippen LogP) is 17.5. The largest absolute Gasteiger partial charge is 0.456 e. The number of rotatable bonds is 4. The number of fused-ring (bicyclic) bond motifs is 13. The first-order valence-electron chi connectivity index (χ1n) is 22.1. The van der Waals surface area contributed by atoms with Gasteiger partial charge in [-0.15, -0.1) is 0 Å². The summed E-state index contributed by atoms with van der Waals surface area (Å²) in [5.74, 6) is 0. The van der Waals surface area contributed by atoms with Crippen LogP contribution >= 0.6 is 0 Å². The van der Waals surface area contributed by atoms with Crippen molar-refractivity contribution in [2.45, 2.75) is 0 Å². The molecule has 64 heavy (non-hydrogen) atoms. The van der Waals surface area contributed by atoms with Gasteiger partial charge in [0.25, 0.3) is 0 Å². The molecule has 0 unspecified atom stereocenters. The summed E-state index contributed by atoms with van der Waals surface area (Å²) in [5.41, 5.74) is 12.6. The molecule has 0 fully saturated rings. The van der Waals surface area contributed by atoms with Gasteiger partial charge in [0.1, 0.15) is 11.2 Å². The first-order valence-corrected chi connectivity index (χ1v) is 22.1. The second-order valence-electron chi connectivity index (χ2n) is 17.1. The first-order chi connectivity index (χ1) is 31.8. The van der Waals surface area contributed by atoms with Crippen molar-refractivity contribution in [2.75, 3.05) is 0 Å². The summed E-state index contributed by atoms with van der Waals surface area (Å²) >= 11 is 0. The summed E-state index contributed by atoms with van der Waals surface area (Å²) < 4.78 is 9.14. The summed E-state index contributed by atoms with van der Waals surface area (Å²) in [7, 11) is 0. The Bertz CT molecular complexity index is 4240. The molecule has 0 atom stereocenters. The molecule has 2 heterocycles. The van der Waals surface area contributed by atoms with Crippen molar-refractivity contribution in [1.29, 1.82) is 0 Å². The van der Waals surface area contributed by atoms with Crippen LogP contribution < -0.4 is 0 Å². The van der Waals surface area contributed by atoms with Crippen molar-refractivity contribution < 1.29 is 4.42 Å². The van der Waals surface area contributed by atoms with Crippen LogP contribution in [0.15, 0.2) is 229 Å². The number of hydrogen-bond acceptors (Lipinski definition) is 1. The fraction of sp³-hybridized carbons (Fsp3) is 0. The van der Waals surface area contributed by atoms with Crippen molar-refractivity contribution >= 4 is 97.6 Å². The molecule has 2 aromatic heterocycles. The van der Waals surface area contributed by atoms with Crippen molar-refractivity contribution in [1.82, 2.24) is 4.57 Å². The molecular weight excluding hydrogens is 775 g/mol. The maximum absolute atomic E-state index is 6.75. The Morgan fingerprint density at radius 1 is 0.281 bits per heavy atom. The molecule has 0 aliphatic carbocycles. The van der Waals surface area contributed by atoms with Gasteiger partial charge in [-0.05, 0) is 142 Å². The zero-order chi connectivity index (χ0) is 41.9. The van der Waals surface area contributed by atoms with Crippen LogP contribution in [0, 0.1) is 0 Å². The van der Waals surface area contributed by atoms with Gasteiger partial charge in [0.15, 0.2) is 0 Å². The molecule has 0 N–H and O–H groups in total. The predicted molar refractivity (Wildman–Crippen MR) is 272 cm³/mol. The summed E-state index contributed by atoms with van der Waals surface area (Å²) in [6, 6.07) is 82.4. The topological polar surface area (TPSA) is 18.1 Å². The number of para-hydroxylation sites is 2. The zero-order valence-corrected chi connectivity index (χ0v) is 34.7. The summed E-state index contributed by atoms with van der Waals surface area (Å²) in [5, 5.41) is 17.1. The molecule has 0 bridgehead atoms. The molecule has 0 spiro atoms. The number of hydrogen-bond donors (Lipinski definition) is 0. The Morgan fingerprint density at radius 2 is 0.891 bits per heavy atom. The Labute approximate surface area is 368 Å². The molecular formula is C62H37NO. The Kier molecular flexibility index (Phi) is 7.43. The van der Waals surface area contributed by atoms with E-state index in [1.807, 2.05) is 0 Å². The van der Waals surface area contributed by atoms with Crippen LogP contribution in [0.1, 0.15) is 0 Å². The lowest BCUT2D eigenvalue weighted by Crippen LogP contribution is -1.93. The lowest BCUT2D eigenvalue weighted by Gasteiger charge is -2.20. The number of furan rings is 1. The van der Waals surface area contributed by atoms with E-state index >= 15 is 0 Å². The third-order valence-corrected chi connectivity index (χ3v) is 13.7. The van der Waals surface area contributed by atoms with E-state index in [1.165, 1.54) is 98.0 Å². The van der Waals surface area contributed by atoms with Gasteiger partial charge in [-0.2, -0.15) is 0 Å². The SMILES string of the molecule is c1ccc(-n2c3ccccc3c3c4c(ccc32)oc2ccc(-c3c5ccccc5c(-c5cc6ccccc6c6ccccc56)c5ccc(-c6cccc7ccccc67)cc35)cc24)cc1. The van der Waals surface area contributed by atoms with Crippen molar-refractivity contribution in [2.24, 2.45) is 0 Å². The second-order valence-corrected chi connectivity index (χ2v) is 17.1. The smallest absolute Gasteiger partial charge is 0.136 e. The second kappa shape index (κ2) is 13.5. The molecule has 0 aliphatic rings. The lowest BCUT2D eigenvalue weighted by molar-refractivity contribution is 0.669. The highest BCUT2D eigenvalue weighted by molar-refractivity contribution is 6.30.